The molecule has 1 atom stereocenters. The summed E-state index contributed by atoms with van der Waals surface area (Å²) in [5.41, 5.74) is 2.16. The number of hydrogen-bond acceptors (Lipinski definition) is 3. The smallest absolute Gasteiger partial charge is 0.288 e. The number of amides is 1. The highest BCUT2D eigenvalue weighted by Gasteiger charge is 2.50. The van der Waals surface area contributed by atoms with Crippen molar-refractivity contribution < 1.29 is 18.0 Å². The predicted octanol–water partition coefficient (Wildman–Crippen LogP) is 2.40. The van der Waals surface area contributed by atoms with E-state index in [0.717, 1.165) is 5.01 Å². The van der Waals surface area contributed by atoms with Gasteiger partial charge in [-0.15, -0.1) is 0 Å². The van der Waals surface area contributed by atoms with Gasteiger partial charge in [0, 0.05) is 6.54 Å². The zero-order chi connectivity index (χ0) is 16.5. The van der Waals surface area contributed by atoms with Crippen LogP contribution < -0.4 is 5.43 Å². The molecule has 0 radical (unpaired) electrons. The molecule has 1 aromatic rings. The molecular weight excluding hydrogens is 295 g/mol. The van der Waals surface area contributed by atoms with Crippen molar-refractivity contribution in [3.63, 3.8) is 0 Å². The molecule has 1 heterocycles. The second-order valence-electron chi connectivity index (χ2n) is 6.03. The highest BCUT2D eigenvalue weighted by atomic mass is 19.4. The molecular formula is C15H16F3N3O. The first-order valence-corrected chi connectivity index (χ1v) is 6.77. The SMILES string of the molecule is CC1(C)CN([C@@H](Cc2cccc(C#N)c2)C(F)(F)F)NC1=O. The first-order chi connectivity index (χ1) is 10.1. The van der Waals surface area contributed by atoms with Crippen LogP contribution in [0.15, 0.2) is 24.3 Å². The fourth-order valence-electron chi connectivity index (χ4n) is 2.40. The summed E-state index contributed by atoms with van der Waals surface area (Å²) >= 11 is 0. The van der Waals surface area contributed by atoms with Crippen LogP contribution in [0.5, 0.6) is 0 Å². The topological polar surface area (TPSA) is 56.1 Å². The number of rotatable bonds is 3. The first kappa shape index (κ1) is 16.3. The van der Waals surface area contributed by atoms with Crippen molar-refractivity contribution in [2.45, 2.75) is 32.5 Å². The second-order valence-corrected chi connectivity index (χ2v) is 6.03. The van der Waals surface area contributed by atoms with Crippen LogP contribution in [0.2, 0.25) is 0 Å². The van der Waals surface area contributed by atoms with E-state index >= 15 is 0 Å². The molecule has 1 aliphatic rings. The van der Waals surface area contributed by atoms with Gasteiger partial charge in [0.05, 0.1) is 17.0 Å². The van der Waals surface area contributed by atoms with Gasteiger partial charge in [-0.3, -0.25) is 10.2 Å². The molecule has 2 rings (SSSR count). The van der Waals surface area contributed by atoms with Crippen LogP contribution in [-0.2, 0) is 11.2 Å². The van der Waals surface area contributed by atoms with Gasteiger partial charge in [0.1, 0.15) is 6.04 Å². The van der Waals surface area contributed by atoms with E-state index in [2.05, 4.69) is 5.43 Å². The standard InChI is InChI=1S/C15H16F3N3O/c1-14(2)9-21(20-13(14)22)12(15(16,17)18)7-10-4-3-5-11(6-10)8-19/h3-6,12H,7,9H2,1-2H3,(H,20,22)/t12-/m0/s1. The number of hydrogen-bond donors (Lipinski definition) is 1. The van der Waals surface area contributed by atoms with Crippen molar-refractivity contribution in [1.82, 2.24) is 10.4 Å². The van der Waals surface area contributed by atoms with E-state index < -0.39 is 23.5 Å². The lowest BCUT2D eigenvalue weighted by Crippen LogP contribution is -2.51. The second kappa shape index (κ2) is 5.61. The summed E-state index contributed by atoms with van der Waals surface area (Å²) < 4.78 is 40.1. The monoisotopic (exact) mass is 311 g/mol. The Morgan fingerprint density at radius 3 is 2.64 bits per heavy atom. The first-order valence-electron chi connectivity index (χ1n) is 6.77. The Balaban J connectivity index is 2.25. The van der Waals surface area contributed by atoms with Gasteiger partial charge in [0.15, 0.2) is 0 Å². The number of carbonyl (C=O) groups excluding carboxylic acids is 1. The molecule has 0 aliphatic carbocycles. The molecule has 0 spiro atoms. The molecule has 22 heavy (non-hydrogen) atoms. The number of carbonyl (C=O) groups is 1. The number of nitriles is 1. The van der Waals surface area contributed by atoms with E-state index in [1.54, 1.807) is 26.0 Å². The third-order valence-electron chi connectivity index (χ3n) is 3.66. The molecule has 4 nitrogen and oxygen atoms in total. The van der Waals surface area contributed by atoms with E-state index in [1.807, 2.05) is 6.07 Å². The fourth-order valence-corrected chi connectivity index (χ4v) is 2.40. The quantitative estimate of drug-likeness (QED) is 0.932. The number of nitrogens with one attached hydrogen (secondary N) is 1. The molecule has 7 heteroatoms. The van der Waals surface area contributed by atoms with Crippen LogP contribution in [0.25, 0.3) is 0 Å². The van der Waals surface area contributed by atoms with E-state index in [9.17, 15) is 18.0 Å². The Bertz CT molecular complexity index is 619. The Labute approximate surface area is 126 Å². The van der Waals surface area contributed by atoms with Crippen molar-refractivity contribution >= 4 is 5.91 Å². The predicted molar refractivity (Wildman–Crippen MR) is 73.3 cm³/mol. The largest absolute Gasteiger partial charge is 0.406 e. The summed E-state index contributed by atoms with van der Waals surface area (Å²) in [6.45, 7) is 3.19. The highest BCUT2D eigenvalue weighted by Crippen LogP contribution is 2.32. The van der Waals surface area contributed by atoms with Gasteiger partial charge in [-0.05, 0) is 38.0 Å². The molecule has 0 bridgehead atoms. The summed E-state index contributed by atoms with van der Waals surface area (Å²) in [6, 6.07) is 6.14. The Morgan fingerprint density at radius 1 is 1.45 bits per heavy atom. The van der Waals surface area contributed by atoms with Crippen LogP contribution in [0.3, 0.4) is 0 Å². The van der Waals surface area contributed by atoms with Crippen LogP contribution in [0.1, 0.15) is 25.0 Å². The minimum absolute atomic E-state index is 0.0199. The number of alkyl halides is 3. The summed E-state index contributed by atoms with van der Waals surface area (Å²) in [6.07, 6.45) is -4.81. The Kier molecular flexibility index (Phi) is 4.16. The zero-order valence-corrected chi connectivity index (χ0v) is 12.2. The summed E-state index contributed by atoms with van der Waals surface area (Å²) in [7, 11) is 0. The van der Waals surface area contributed by atoms with Crippen molar-refractivity contribution in [1.29, 1.82) is 5.26 Å². The number of hydrazine groups is 1. The number of benzene rings is 1. The summed E-state index contributed by atoms with van der Waals surface area (Å²) in [5.74, 6) is -0.424. The average molecular weight is 311 g/mol. The van der Waals surface area contributed by atoms with Crippen LogP contribution in [0.4, 0.5) is 13.2 Å². The average Bonchev–Trinajstić information content (AvgIpc) is 2.69. The molecule has 1 aliphatic heterocycles. The van der Waals surface area contributed by atoms with Gasteiger partial charge < -0.3 is 0 Å². The number of nitrogens with zero attached hydrogens (tertiary/aromatic N) is 2. The maximum Gasteiger partial charge on any atom is 0.406 e. The van der Waals surface area contributed by atoms with Crippen LogP contribution in [0, 0.1) is 16.7 Å². The molecule has 118 valence electrons. The molecule has 0 unspecified atom stereocenters. The normalized spacial score (nSPS) is 19.5. The van der Waals surface area contributed by atoms with Crippen LogP contribution >= 0.6 is 0 Å². The number of halogens is 3. The fraction of sp³-hybridized carbons (Fsp3) is 0.467. The van der Waals surface area contributed by atoms with E-state index in [-0.39, 0.29) is 13.0 Å². The van der Waals surface area contributed by atoms with Gasteiger partial charge in [-0.1, -0.05) is 12.1 Å². The van der Waals surface area contributed by atoms with Gasteiger partial charge in [0.25, 0.3) is 0 Å². The minimum atomic E-state index is -4.49. The van der Waals surface area contributed by atoms with E-state index in [4.69, 9.17) is 5.26 Å². The van der Waals surface area contributed by atoms with Gasteiger partial charge in [0.2, 0.25) is 5.91 Å². The Morgan fingerprint density at radius 2 is 2.14 bits per heavy atom. The van der Waals surface area contributed by atoms with Gasteiger partial charge >= 0.3 is 6.18 Å². The highest BCUT2D eigenvalue weighted by molar-refractivity contribution is 5.83. The molecule has 1 saturated heterocycles. The van der Waals surface area contributed by atoms with E-state index in [1.165, 1.54) is 12.1 Å². The van der Waals surface area contributed by atoms with Crippen molar-refractivity contribution in [3.8, 4) is 6.07 Å². The molecule has 1 fully saturated rings. The minimum Gasteiger partial charge on any atom is -0.288 e. The third-order valence-corrected chi connectivity index (χ3v) is 3.66. The molecule has 0 aromatic heterocycles. The summed E-state index contributed by atoms with van der Waals surface area (Å²) in [5, 5.41) is 9.78. The lowest BCUT2D eigenvalue weighted by Gasteiger charge is -2.29. The molecule has 0 saturated carbocycles. The van der Waals surface area contributed by atoms with E-state index in [0.29, 0.717) is 11.1 Å². The lowest BCUT2D eigenvalue weighted by atomic mass is 9.93. The van der Waals surface area contributed by atoms with Gasteiger partial charge in [-0.2, -0.15) is 18.4 Å². The van der Waals surface area contributed by atoms with Crippen molar-refractivity contribution in [2.75, 3.05) is 6.54 Å². The molecule has 1 amide bonds. The van der Waals surface area contributed by atoms with Crippen molar-refractivity contribution in [2.24, 2.45) is 5.41 Å². The van der Waals surface area contributed by atoms with Gasteiger partial charge in [-0.25, -0.2) is 5.01 Å². The van der Waals surface area contributed by atoms with Crippen LogP contribution in [-0.4, -0.2) is 29.7 Å². The Hall–Kier alpha value is -2.07. The molecule has 1 aromatic carbocycles. The molecule has 1 N–H and O–H groups in total. The maximum absolute atomic E-state index is 13.4. The van der Waals surface area contributed by atoms with Crippen molar-refractivity contribution in [3.05, 3.63) is 35.4 Å². The summed E-state index contributed by atoms with van der Waals surface area (Å²) in [4.78, 5) is 11.7. The third kappa shape index (κ3) is 3.39. The lowest BCUT2D eigenvalue weighted by molar-refractivity contribution is -0.188. The zero-order valence-electron chi connectivity index (χ0n) is 12.2. The maximum atomic E-state index is 13.4.